The van der Waals surface area contributed by atoms with Crippen molar-refractivity contribution in [1.29, 1.82) is 0 Å². The van der Waals surface area contributed by atoms with Crippen LogP contribution in [0.25, 0.3) is 0 Å². The quantitative estimate of drug-likeness (QED) is 0.481. The molecule has 0 spiro atoms. The molecular formula is C8H14Si. The smallest absolute Gasteiger partial charge is 0.00757 e. The van der Waals surface area contributed by atoms with E-state index in [-0.39, 0.29) is 0 Å². The van der Waals surface area contributed by atoms with Crippen LogP contribution in [-0.4, -0.2) is 10.2 Å². The van der Waals surface area contributed by atoms with Gasteiger partial charge < -0.3 is 0 Å². The summed E-state index contributed by atoms with van der Waals surface area (Å²) >= 11 is 0. The third kappa shape index (κ3) is 2.18. The molecule has 0 heterocycles. The molecule has 0 aliphatic heterocycles. The van der Waals surface area contributed by atoms with Crippen LogP contribution in [0.5, 0.6) is 0 Å². The van der Waals surface area contributed by atoms with E-state index in [9.17, 15) is 0 Å². The van der Waals surface area contributed by atoms with E-state index in [4.69, 9.17) is 0 Å². The maximum Gasteiger partial charge on any atom is 0.00757 e. The van der Waals surface area contributed by atoms with Crippen LogP contribution in [0, 0.1) is 0 Å². The molecule has 0 fully saturated rings. The second kappa shape index (κ2) is 3.67. The van der Waals surface area contributed by atoms with Crippen LogP contribution in [0.2, 0.25) is 6.04 Å². The van der Waals surface area contributed by atoms with E-state index in [1.807, 2.05) is 0 Å². The van der Waals surface area contributed by atoms with E-state index in [0.29, 0.717) is 0 Å². The van der Waals surface area contributed by atoms with Crippen molar-refractivity contribution in [2.75, 3.05) is 0 Å². The molecule has 1 heteroatoms. The van der Waals surface area contributed by atoms with Gasteiger partial charge in [-0.15, -0.1) is 0 Å². The Balaban J connectivity index is 2.49. The van der Waals surface area contributed by atoms with Crippen LogP contribution in [-0.2, 0) is 0 Å². The highest BCUT2D eigenvalue weighted by atomic mass is 28.1. The van der Waals surface area contributed by atoms with Gasteiger partial charge in [-0.05, 0) is 25.3 Å². The molecule has 0 bridgehead atoms. The first-order valence-electron chi connectivity index (χ1n) is 3.79. The van der Waals surface area contributed by atoms with Crippen LogP contribution in [0.1, 0.15) is 19.3 Å². The van der Waals surface area contributed by atoms with Gasteiger partial charge in [0.25, 0.3) is 0 Å². The third-order valence-electron chi connectivity index (χ3n) is 1.63. The molecule has 0 N–H and O–H groups in total. The Morgan fingerprint density at radius 3 is 3.11 bits per heavy atom. The molecule has 9 heavy (non-hydrogen) atoms. The predicted octanol–water partition coefficient (Wildman–Crippen LogP) is 1.44. The van der Waals surface area contributed by atoms with Crippen LogP contribution < -0.4 is 0 Å². The van der Waals surface area contributed by atoms with Crippen molar-refractivity contribution in [3.05, 3.63) is 23.8 Å². The molecule has 0 aromatic rings. The Morgan fingerprint density at radius 2 is 2.56 bits per heavy atom. The molecule has 1 aliphatic rings. The predicted molar refractivity (Wildman–Crippen MR) is 45.8 cm³/mol. The first-order valence-corrected chi connectivity index (χ1v) is 5.20. The summed E-state index contributed by atoms with van der Waals surface area (Å²) in [5, 5.41) is 0. The van der Waals surface area contributed by atoms with Crippen LogP contribution >= 0.6 is 0 Å². The Hall–Kier alpha value is -0.303. The topological polar surface area (TPSA) is 0 Å². The zero-order valence-electron chi connectivity index (χ0n) is 6.06. The number of hydrogen-bond acceptors (Lipinski definition) is 0. The molecule has 0 saturated carbocycles. The SMILES string of the molecule is [SiH3]CC=C1C=CCCC1. The van der Waals surface area contributed by atoms with Gasteiger partial charge in [0.1, 0.15) is 0 Å². The van der Waals surface area contributed by atoms with Gasteiger partial charge in [0.15, 0.2) is 0 Å². The summed E-state index contributed by atoms with van der Waals surface area (Å²) in [4.78, 5) is 0. The van der Waals surface area contributed by atoms with Crippen molar-refractivity contribution in [3.8, 4) is 0 Å². The maximum absolute atomic E-state index is 2.38. The highest BCUT2D eigenvalue weighted by Crippen LogP contribution is 2.15. The molecule has 0 unspecified atom stereocenters. The first kappa shape index (κ1) is 6.81. The molecular weight excluding hydrogens is 124 g/mol. The molecule has 0 aromatic heterocycles. The number of rotatable bonds is 1. The monoisotopic (exact) mass is 138 g/mol. The van der Waals surface area contributed by atoms with Crippen molar-refractivity contribution in [3.63, 3.8) is 0 Å². The lowest BCUT2D eigenvalue weighted by atomic mass is 10.0. The van der Waals surface area contributed by atoms with E-state index in [1.165, 1.54) is 35.5 Å². The van der Waals surface area contributed by atoms with E-state index in [2.05, 4.69) is 18.2 Å². The maximum atomic E-state index is 2.38. The minimum Gasteiger partial charge on any atom is -0.0849 e. The molecule has 0 aromatic carbocycles. The normalized spacial score (nSPS) is 23.3. The lowest BCUT2D eigenvalue weighted by Crippen LogP contribution is -1.85. The fraction of sp³-hybridized carbons (Fsp3) is 0.500. The molecule has 0 amide bonds. The average molecular weight is 138 g/mol. The molecule has 0 nitrogen and oxygen atoms in total. The fourth-order valence-corrected chi connectivity index (χ4v) is 1.70. The zero-order valence-corrected chi connectivity index (χ0v) is 8.06. The van der Waals surface area contributed by atoms with Gasteiger partial charge in [0.05, 0.1) is 0 Å². The minimum atomic E-state index is 1.29. The van der Waals surface area contributed by atoms with Crippen molar-refractivity contribution in [1.82, 2.24) is 0 Å². The largest absolute Gasteiger partial charge is 0.0849 e. The first-order chi connectivity index (χ1) is 4.43. The molecule has 0 radical (unpaired) electrons. The van der Waals surface area contributed by atoms with Gasteiger partial charge in [-0.2, -0.15) is 0 Å². The summed E-state index contributed by atoms with van der Waals surface area (Å²) in [6.07, 6.45) is 10.9. The number of allylic oxidation sites excluding steroid dienone is 4. The summed E-state index contributed by atoms with van der Waals surface area (Å²) in [6.45, 7) is 0. The second-order valence-corrected chi connectivity index (χ2v) is 3.30. The van der Waals surface area contributed by atoms with E-state index < -0.39 is 0 Å². The van der Waals surface area contributed by atoms with E-state index >= 15 is 0 Å². The summed E-state index contributed by atoms with van der Waals surface area (Å²) in [5.74, 6) is 0. The van der Waals surface area contributed by atoms with Gasteiger partial charge in [-0.3, -0.25) is 0 Å². The van der Waals surface area contributed by atoms with Crippen molar-refractivity contribution < 1.29 is 0 Å². The van der Waals surface area contributed by atoms with Crippen LogP contribution in [0.3, 0.4) is 0 Å². The van der Waals surface area contributed by atoms with Gasteiger partial charge in [0.2, 0.25) is 0 Å². The van der Waals surface area contributed by atoms with Crippen molar-refractivity contribution >= 4 is 10.2 Å². The lowest BCUT2D eigenvalue weighted by molar-refractivity contribution is 0.819. The summed E-state index contributed by atoms with van der Waals surface area (Å²) in [7, 11) is 1.31. The van der Waals surface area contributed by atoms with Gasteiger partial charge in [0, 0.05) is 10.2 Å². The summed E-state index contributed by atoms with van der Waals surface area (Å²) in [6, 6.07) is 1.32. The second-order valence-electron chi connectivity index (χ2n) is 2.48. The van der Waals surface area contributed by atoms with Crippen molar-refractivity contribution in [2.24, 2.45) is 0 Å². The zero-order chi connectivity index (χ0) is 6.53. The highest BCUT2D eigenvalue weighted by Gasteiger charge is 1.95. The van der Waals surface area contributed by atoms with Gasteiger partial charge >= 0.3 is 0 Å². The Bertz CT molecular complexity index is 134. The van der Waals surface area contributed by atoms with Gasteiger partial charge in [-0.1, -0.05) is 23.8 Å². The Kier molecular flexibility index (Phi) is 2.78. The minimum absolute atomic E-state index is 1.29. The van der Waals surface area contributed by atoms with Crippen LogP contribution in [0.4, 0.5) is 0 Å². The Morgan fingerprint density at radius 1 is 1.67 bits per heavy atom. The molecule has 0 saturated heterocycles. The summed E-state index contributed by atoms with van der Waals surface area (Å²) < 4.78 is 0. The standard InChI is InChI=1S/C8H14Si/c9-7-6-8-4-2-1-3-5-8/h2,4,6H,1,3,5,7H2,9H3. The van der Waals surface area contributed by atoms with E-state index in [1.54, 1.807) is 5.57 Å². The molecule has 1 aliphatic carbocycles. The van der Waals surface area contributed by atoms with Gasteiger partial charge in [-0.25, -0.2) is 0 Å². The Labute approximate surface area is 60.1 Å². The third-order valence-corrected chi connectivity index (χ3v) is 2.04. The lowest BCUT2D eigenvalue weighted by Gasteiger charge is -2.05. The van der Waals surface area contributed by atoms with Crippen LogP contribution in [0.15, 0.2) is 23.8 Å². The van der Waals surface area contributed by atoms with E-state index in [0.717, 1.165) is 0 Å². The van der Waals surface area contributed by atoms with Crippen molar-refractivity contribution in [2.45, 2.75) is 25.3 Å². The highest BCUT2D eigenvalue weighted by molar-refractivity contribution is 6.09. The molecule has 0 atom stereocenters. The molecule has 1 rings (SSSR count). The number of hydrogen-bond donors (Lipinski definition) is 0. The molecule has 50 valence electrons. The summed E-state index contributed by atoms with van der Waals surface area (Å²) in [5.41, 5.74) is 1.57. The fourth-order valence-electron chi connectivity index (χ4n) is 1.17. The average Bonchev–Trinajstić information content (AvgIpc) is 1.91.